The van der Waals surface area contributed by atoms with Gasteiger partial charge in [-0.25, -0.2) is 4.79 Å². The van der Waals surface area contributed by atoms with E-state index in [1.807, 2.05) is 55.5 Å². The van der Waals surface area contributed by atoms with Gasteiger partial charge in [-0.3, -0.25) is 0 Å². The molecule has 2 aromatic carbocycles. The summed E-state index contributed by atoms with van der Waals surface area (Å²) in [5, 5.41) is 11.1. The number of hydrogen-bond acceptors (Lipinski definition) is 5. The molecule has 1 fully saturated rings. The number of benzene rings is 2. The lowest BCUT2D eigenvalue weighted by Crippen LogP contribution is -2.35. The van der Waals surface area contributed by atoms with Gasteiger partial charge in [0.1, 0.15) is 11.9 Å². The first-order chi connectivity index (χ1) is 13.5. The molecular formula is C23H28O5. The second kappa shape index (κ2) is 9.11. The first kappa shape index (κ1) is 20.2. The van der Waals surface area contributed by atoms with Crippen LogP contribution < -0.4 is 4.74 Å². The molecule has 0 amide bonds. The van der Waals surface area contributed by atoms with E-state index in [-0.39, 0.29) is 6.10 Å². The van der Waals surface area contributed by atoms with Crippen molar-refractivity contribution < 1.29 is 24.1 Å². The van der Waals surface area contributed by atoms with Gasteiger partial charge in [0.2, 0.25) is 0 Å². The highest BCUT2D eigenvalue weighted by Crippen LogP contribution is 2.38. The van der Waals surface area contributed by atoms with Crippen LogP contribution in [-0.2, 0) is 15.1 Å². The maximum atomic E-state index is 11.5. The molecule has 150 valence electrons. The summed E-state index contributed by atoms with van der Waals surface area (Å²) in [6, 6.07) is 16.0. The van der Waals surface area contributed by atoms with Crippen molar-refractivity contribution in [1.29, 1.82) is 0 Å². The molecule has 0 heterocycles. The number of carbonyl (C=O) groups is 1. The Kier molecular flexibility index (Phi) is 6.57. The molecule has 2 aromatic rings. The number of aliphatic hydroxyl groups is 1. The zero-order chi connectivity index (χ0) is 20.0. The van der Waals surface area contributed by atoms with Crippen LogP contribution in [0.15, 0.2) is 48.5 Å². The van der Waals surface area contributed by atoms with Crippen LogP contribution in [0.4, 0.5) is 4.79 Å². The fraction of sp³-hybridized carbons (Fsp3) is 0.435. The van der Waals surface area contributed by atoms with Gasteiger partial charge >= 0.3 is 6.16 Å². The van der Waals surface area contributed by atoms with Gasteiger partial charge in [0.05, 0.1) is 18.8 Å². The molecule has 1 N–H and O–H groups in total. The number of rotatable bonds is 6. The van der Waals surface area contributed by atoms with Crippen molar-refractivity contribution in [2.45, 2.75) is 51.2 Å². The van der Waals surface area contributed by atoms with Crippen molar-refractivity contribution in [1.82, 2.24) is 0 Å². The van der Waals surface area contributed by atoms with Crippen LogP contribution in [-0.4, -0.2) is 30.6 Å². The molecular weight excluding hydrogens is 356 g/mol. The second-order valence-corrected chi connectivity index (χ2v) is 7.07. The summed E-state index contributed by atoms with van der Waals surface area (Å²) < 4.78 is 15.6. The Morgan fingerprint density at radius 2 is 1.54 bits per heavy atom. The smallest absolute Gasteiger partial charge is 0.494 e. The molecule has 5 nitrogen and oxygen atoms in total. The van der Waals surface area contributed by atoms with Gasteiger partial charge in [0, 0.05) is 0 Å². The van der Waals surface area contributed by atoms with E-state index in [1.165, 1.54) is 0 Å². The van der Waals surface area contributed by atoms with Gasteiger partial charge < -0.3 is 19.3 Å². The van der Waals surface area contributed by atoms with Crippen molar-refractivity contribution in [2.24, 2.45) is 0 Å². The normalized spacial score (nSPS) is 21.8. The topological polar surface area (TPSA) is 65.0 Å². The molecule has 1 aliphatic rings. The highest BCUT2D eigenvalue weighted by Gasteiger charge is 2.36. The van der Waals surface area contributed by atoms with Crippen molar-refractivity contribution in [3.8, 4) is 16.9 Å². The summed E-state index contributed by atoms with van der Waals surface area (Å²) in [4.78, 5) is 11.5. The average Bonchev–Trinajstić information content (AvgIpc) is 2.71. The minimum atomic E-state index is -0.883. The summed E-state index contributed by atoms with van der Waals surface area (Å²) in [7, 11) is 0. The number of ether oxygens (including phenoxy) is 3. The second-order valence-electron chi connectivity index (χ2n) is 7.07. The third-order valence-corrected chi connectivity index (χ3v) is 5.21. The quantitative estimate of drug-likeness (QED) is 0.706. The SMILES string of the molecule is CCOC(=O)OC1CCC(O)(c2ccc(-c3ccc(OCC)cc3)cc2)CC1. The predicted octanol–water partition coefficient (Wildman–Crippen LogP) is 5.06. The molecule has 0 bridgehead atoms. The Balaban J connectivity index is 1.62. The Bertz CT molecular complexity index is 759. The lowest BCUT2D eigenvalue weighted by molar-refractivity contribution is -0.0530. The minimum Gasteiger partial charge on any atom is -0.494 e. The van der Waals surface area contributed by atoms with Crippen molar-refractivity contribution >= 4 is 6.16 Å². The van der Waals surface area contributed by atoms with Gasteiger partial charge in [-0.2, -0.15) is 0 Å². The lowest BCUT2D eigenvalue weighted by Gasteiger charge is -2.36. The van der Waals surface area contributed by atoms with E-state index < -0.39 is 11.8 Å². The summed E-state index contributed by atoms with van der Waals surface area (Å²) in [6.45, 7) is 4.67. The monoisotopic (exact) mass is 384 g/mol. The molecule has 1 saturated carbocycles. The van der Waals surface area contributed by atoms with Gasteiger partial charge in [-0.1, -0.05) is 36.4 Å². The van der Waals surface area contributed by atoms with Crippen LogP contribution in [0.5, 0.6) is 5.75 Å². The summed E-state index contributed by atoms with van der Waals surface area (Å²) in [6.07, 6.45) is 1.53. The van der Waals surface area contributed by atoms with E-state index in [1.54, 1.807) is 6.92 Å². The fourth-order valence-electron chi connectivity index (χ4n) is 3.65. The first-order valence-corrected chi connectivity index (χ1v) is 9.93. The Morgan fingerprint density at radius 3 is 2.07 bits per heavy atom. The van der Waals surface area contributed by atoms with Crippen LogP contribution in [0.3, 0.4) is 0 Å². The van der Waals surface area contributed by atoms with Gasteiger partial charge in [0.25, 0.3) is 0 Å². The molecule has 0 radical (unpaired) electrons. The van der Waals surface area contributed by atoms with E-state index >= 15 is 0 Å². The molecule has 0 spiro atoms. The molecule has 0 unspecified atom stereocenters. The maximum Gasteiger partial charge on any atom is 0.508 e. The molecule has 0 aromatic heterocycles. The van der Waals surface area contributed by atoms with Gasteiger partial charge in [-0.05, 0) is 68.4 Å². The molecule has 0 saturated heterocycles. The van der Waals surface area contributed by atoms with Crippen LogP contribution in [0.2, 0.25) is 0 Å². The van der Waals surface area contributed by atoms with Gasteiger partial charge in [0.15, 0.2) is 0 Å². The lowest BCUT2D eigenvalue weighted by atomic mass is 9.78. The Labute approximate surface area is 166 Å². The maximum absolute atomic E-state index is 11.5. The summed E-state index contributed by atoms with van der Waals surface area (Å²) in [5.74, 6) is 0.860. The fourth-order valence-corrected chi connectivity index (χ4v) is 3.65. The molecule has 0 aliphatic heterocycles. The summed E-state index contributed by atoms with van der Waals surface area (Å²) in [5.41, 5.74) is 2.21. The predicted molar refractivity (Wildman–Crippen MR) is 107 cm³/mol. The largest absolute Gasteiger partial charge is 0.508 e. The molecule has 28 heavy (non-hydrogen) atoms. The van der Waals surface area contributed by atoms with Crippen molar-refractivity contribution in [3.63, 3.8) is 0 Å². The Morgan fingerprint density at radius 1 is 0.964 bits per heavy atom. The van der Waals surface area contributed by atoms with Crippen molar-refractivity contribution in [2.75, 3.05) is 13.2 Å². The van der Waals surface area contributed by atoms with Crippen LogP contribution in [0.1, 0.15) is 45.1 Å². The van der Waals surface area contributed by atoms with Crippen molar-refractivity contribution in [3.05, 3.63) is 54.1 Å². The first-order valence-electron chi connectivity index (χ1n) is 9.93. The molecule has 5 heteroatoms. The Hall–Kier alpha value is -2.53. The number of carbonyl (C=O) groups excluding carboxylic acids is 1. The van der Waals surface area contributed by atoms with Crippen LogP contribution in [0, 0.1) is 0 Å². The zero-order valence-corrected chi connectivity index (χ0v) is 16.5. The highest BCUT2D eigenvalue weighted by atomic mass is 16.7. The van der Waals surface area contributed by atoms with E-state index in [4.69, 9.17) is 14.2 Å². The average molecular weight is 384 g/mol. The third-order valence-electron chi connectivity index (χ3n) is 5.21. The zero-order valence-electron chi connectivity index (χ0n) is 16.5. The van der Waals surface area contributed by atoms with E-state index in [0.29, 0.717) is 38.9 Å². The van der Waals surface area contributed by atoms with E-state index in [9.17, 15) is 9.90 Å². The van der Waals surface area contributed by atoms with E-state index in [2.05, 4.69) is 0 Å². The minimum absolute atomic E-state index is 0.192. The number of hydrogen-bond donors (Lipinski definition) is 1. The standard InChI is InChI=1S/C23H28O5/c1-3-26-20-11-7-18(8-12-20)17-5-9-19(10-6-17)23(25)15-13-21(14-16-23)28-22(24)27-4-2/h5-12,21,25H,3-4,13-16H2,1-2H3. The van der Waals surface area contributed by atoms with Crippen LogP contribution >= 0.6 is 0 Å². The molecule has 1 aliphatic carbocycles. The molecule has 0 atom stereocenters. The molecule has 3 rings (SSSR count). The summed E-state index contributed by atoms with van der Waals surface area (Å²) >= 11 is 0. The third kappa shape index (κ3) is 4.84. The highest BCUT2D eigenvalue weighted by molar-refractivity contribution is 5.64. The van der Waals surface area contributed by atoms with Gasteiger partial charge in [-0.15, -0.1) is 0 Å². The van der Waals surface area contributed by atoms with Crippen LogP contribution in [0.25, 0.3) is 11.1 Å². The van der Waals surface area contributed by atoms with E-state index in [0.717, 1.165) is 22.4 Å².